The topological polar surface area (TPSA) is 60.2 Å². The van der Waals surface area contributed by atoms with Crippen LogP contribution in [0.25, 0.3) is 5.69 Å². The Labute approximate surface area is 171 Å². The lowest BCUT2D eigenvalue weighted by Gasteiger charge is -2.29. The quantitative estimate of drug-likeness (QED) is 0.628. The van der Waals surface area contributed by atoms with E-state index in [4.69, 9.17) is 4.74 Å². The lowest BCUT2D eigenvalue weighted by molar-refractivity contribution is 0.0970. The first-order chi connectivity index (χ1) is 14.0. The first-order valence-electron chi connectivity index (χ1n) is 9.96. The third-order valence-electron chi connectivity index (χ3n) is 5.66. The summed E-state index contributed by atoms with van der Waals surface area (Å²) in [5, 5.41) is 8.51. The van der Waals surface area contributed by atoms with Gasteiger partial charge in [0.15, 0.2) is 5.69 Å². The van der Waals surface area contributed by atoms with Gasteiger partial charge < -0.3 is 9.64 Å². The van der Waals surface area contributed by atoms with Crippen LogP contribution in [0.2, 0.25) is 0 Å². The van der Waals surface area contributed by atoms with E-state index in [1.165, 1.54) is 5.56 Å². The first kappa shape index (κ1) is 19.2. The molecular formula is C23H26N4O2. The number of carbonyl (C=O) groups is 1. The van der Waals surface area contributed by atoms with Crippen LogP contribution >= 0.6 is 0 Å². The molecule has 1 fully saturated rings. The van der Waals surface area contributed by atoms with Crippen molar-refractivity contribution in [3.8, 4) is 11.4 Å². The molecule has 1 amide bonds. The van der Waals surface area contributed by atoms with Gasteiger partial charge in [-0.05, 0) is 75.9 Å². The average Bonchev–Trinajstić information content (AvgIpc) is 3.52. The van der Waals surface area contributed by atoms with Gasteiger partial charge in [-0.15, -0.1) is 5.10 Å². The standard InChI is InChI=1S/C23H26N4O2/c1-15-5-9-20(10-6-15)27-17(3)22(24-25-27)23(28)26(16(2)18-7-8-18)19-11-13-21(29-4)14-12-19/h5-6,9-14,16,18H,7-8H2,1-4H3. The van der Waals surface area contributed by atoms with Crippen LogP contribution in [-0.4, -0.2) is 34.1 Å². The summed E-state index contributed by atoms with van der Waals surface area (Å²) < 4.78 is 6.99. The number of hydrogen-bond acceptors (Lipinski definition) is 4. The van der Waals surface area contributed by atoms with Crippen molar-refractivity contribution in [2.45, 2.75) is 39.7 Å². The second kappa shape index (κ2) is 7.70. The molecule has 6 heteroatoms. The fourth-order valence-corrected chi connectivity index (χ4v) is 3.64. The summed E-state index contributed by atoms with van der Waals surface area (Å²) in [7, 11) is 1.64. The van der Waals surface area contributed by atoms with Crippen molar-refractivity contribution in [2.75, 3.05) is 12.0 Å². The Morgan fingerprint density at radius 1 is 1.10 bits per heavy atom. The molecule has 0 N–H and O–H groups in total. The molecule has 1 aromatic heterocycles. The first-order valence-corrected chi connectivity index (χ1v) is 9.96. The molecule has 3 aromatic rings. The summed E-state index contributed by atoms with van der Waals surface area (Å²) in [6.45, 7) is 6.04. The number of hydrogen-bond donors (Lipinski definition) is 0. The van der Waals surface area contributed by atoms with Crippen LogP contribution < -0.4 is 9.64 Å². The van der Waals surface area contributed by atoms with Gasteiger partial charge in [0.2, 0.25) is 0 Å². The predicted octanol–water partition coefficient (Wildman–Crippen LogP) is 4.34. The Morgan fingerprint density at radius 3 is 2.34 bits per heavy atom. The van der Waals surface area contributed by atoms with Crippen LogP contribution in [0.1, 0.15) is 41.5 Å². The van der Waals surface area contributed by atoms with Gasteiger partial charge in [0, 0.05) is 11.7 Å². The second-order valence-electron chi connectivity index (χ2n) is 7.72. The summed E-state index contributed by atoms with van der Waals surface area (Å²) in [6, 6.07) is 15.7. The van der Waals surface area contributed by atoms with Gasteiger partial charge in [-0.1, -0.05) is 22.9 Å². The molecule has 0 saturated heterocycles. The van der Waals surface area contributed by atoms with Gasteiger partial charge in [0.25, 0.3) is 5.91 Å². The number of ether oxygens (including phenoxy) is 1. The molecule has 0 bridgehead atoms. The fraction of sp³-hybridized carbons (Fsp3) is 0.348. The van der Waals surface area contributed by atoms with Crippen molar-refractivity contribution >= 4 is 11.6 Å². The summed E-state index contributed by atoms with van der Waals surface area (Å²) in [5.74, 6) is 1.17. The molecule has 4 rings (SSSR count). The number of benzene rings is 2. The molecule has 2 aromatic carbocycles. The Bertz CT molecular complexity index is 1000. The van der Waals surface area contributed by atoms with Gasteiger partial charge in [-0.3, -0.25) is 4.79 Å². The molecule has 150 valence electrons. The summed E-state index contributed by atoms with van der Waals surface area (Å²) in [6.07, 6.45) is 2.30. The molecule has 1 heterocycles. The highest BCUT2D eigenvalue weighted by atomic mass is 16.5. The molecule has 0 radical (unpaired) electrons. The van der Waals surface area contributed by atoms with Crippen molar-refractivity contribution in [1.82, 2.24) is 15.0 Å². The van der Waals surface area contributed by atoms with E-state index in [1.54, 1.807) is 11.8 Å². The smallest absolute Gasteiger partial charge is 0.281 e. The predicted molar refractivity (Wildman–Crippen MR) is 113 cm³/mol. The van der Waals surface area contributed by atoms with Crippen LogP contribution in [-0.2, 0) is 0 Å². The van der Waals surface area contributed by atoms with E-state index in [0.29, 0.717) is 11.6 Å². The number of anilines is 1. The Morgan fingerprint density at radius 2 is 1.76 bits per heavy atom. The number of aromatic nitrogens is 3. The Balaban J connectivity index is 1.69. The zero-order valence-electron chi connectivity index (χ0n) is 17.3. The van der Waals surface area contributed by atoms with E-state index >= 15 is 0 Å². The van der Waals surface area contributed by atoms with Gasteiger partial charge in [0.1, 0.15) is 5.75 Å². The van der Waals surface area contributed by atoms with Crippen LogP contribution in [0.15, 0.2) is 48.5 Å². The second-order valence-corrected chi connectivity index (χ2v) is 7.72. The monoisotopic (exact) mass is 390 g/mol. The number of methoxy groups -OCH3 is 1. The Kier molecular flexibility index (Phi) is 5.09. The summed E-state index contributed by atoms with van der Waals surface area (Å²) >= 11 is 0. The maximum absolute atomic E-state index is 13.6. The van der Waals surface area contributed by atoms with E-state index in [0.717, 1.165) is 35.7 Å². The number of carbonyl (C=O) groups excluding carboxylic acids is 1. The molecule has 0 aliphatic heterocycles. The minimum absolute atomic E-state index is 0.0971. The molecule has 1 aliphatic carbocycles. The van der Waals surface area contributed by atoms with Crippen LogP contribution in [0.5, 0.6) is 5.75 Å². The lowest BCUT2D eigenvalue weighted by Crippen LogP contribution is -2.40. The van der Waals surface area contributed by atoms with Gasteiger partial charge in [0.05, 0.1) is 18.5 Å². The summed E-state index contributed by atoms with van der Waals surface area (Å²) in [4.78, 5) is 15.4. The SMILES string of the molecule is COc1ccc(N(C(=O)c2nnn(-c3ccc(C)cc3)c2C)C(C)C2CC2)cc1. The molecule has 1 atom stereocenters. The van der Waals surface area contributed by atoms with Crippen LogP contribution in [0.4, 0.5) is 5.69 Å². The van der Waals surface area contributed by atoms with Gasteiger partial charge in [-0.2, -0.15) is 0 Å². The van der Waals surface area contributed by atoms with E-state index in [1.807, 2.05) is 67.3 Å². The highest BCUT2D eigenvalue weighted by Crippen LogP contribution is 2.38. The van der Waals surface area contributed by atoms with Gasteiger partial charge in [-0.25, -0.2) is 4.68 Å². The normalized spacial score (nSPS) is 14.5. The number of nitrogens with zero attached hydrogens (tertiary/aromatic N) is 4. The van der Waals surface area contributed by atoms with E-state index in [9.17, 15) is 4.79 Å². The number of aryl methyl sites for hydroxylation is 1. The molecule has 1 saturated carbocycles. The minimum atomic E-state index is -0.120. The molecule has 1 aliphatic rings. The fourth-order valence-electron chi connectivity index (χ4n) is 3.64. The van der Waals surface area contributed by atoms with Crippen molar-refractivity contribution in [2.24, 2.45) is 5.92 Å². The minimum Gasteiger partial charge on any atom is -0.497 e. The zero-order valence-corrected chi connectivity index (χ0v) is 17.3. The highest BCUT2D eigenvalue weighted by molar-refractivity contribution is 6.06. The molecule has 1 unspecified atom stereocenters. The highest BCUT2D eigenvalue weighted by Gasteiger charge is 2.37. The maximum atomic E-state index is 13.6. The molecular weight excluding hydrogens is 364 g/mol. The van der Waals surface area contributed by atoms with Crippen molar-refractivity contribution in [3.63, 3.8) is 0 Å². The van der Waals surface area contributed by atoms with Crippen LogP contribution in [0.3, 0.4) is 0 Å². The lowest BCUT2D eigenvalue weighted by atomic mass is 10.1. The molecule has 0 spiro atoms. The third kappa shape index (κ3) is 3.75. The van der Waals surface area contributed by atoms with E-state index in [-0.39, 0.29) is 11.9 Å². The Hall–Kier alpha value is -3.15. The maximum Gasteiger partial charge on any atom is 0.281 e. The average molecular weight is 390 g/mol. The van der Waals surface area contributed by atoms with E-state index < -0.39 is 0 Å². The van der Waals surface area contributed by atoms with Crippen molar-refractivity contribution < 1.29 is 9.53 Å². The third-order valence-corrected chi connectivity index (χ3v) is 5.66. The van der Waals surface area contributed by atoms with E-state index in [2.05, 4.69) is 17.2 Å². The largest absolute Gasteiger partial charge is 0.497 e. The number of amides is 1. The molecule has 6 nitrogen and oxygen atoms in total. The van der Waals surface area contributed by atoms with Crippen molar-refractivity contribution in [3.05, 3.63) is 65.5 Å². The number of rotatable bonds is 6. The van der Waals surface area contributed by atoms with Crippen LogP contribution in [0, 0.1) is 19.8 Å². The zero-order chi connectivity index (χ0) is 20.5. The summed E-state index contributed by atoms with van der Waals surface area (Å²) in [5.41, 5.74) is 4.03. The molecule has 29 heavy (non-hydrogen) atoms. The van der Waals surface area contributed by atoms with Gasteiger partial charge >= 0.3 is 0 Å². The van der Waals surface area contributed by atoms with Crippen molar-refractivity contribution in [1.29, 1.82) is 0 Å².